The van der Waals surface area contributed by atoms with E-state index in [9.17, 15) is 14.7 Å². The number of nitrogens with one attached hydrogen (secondary N) is 1. The van der Waals surface area contributed by atoms with Crippen LogP contribution in [0, 0.1) is 5.92 Å². The number of carbonyl (C=O) groups is 2. The molecule has 0 aliphatic carbocycles. The first kappa shape index (κ1) is 15.5. The van der Waals surface area contributed by atoms with Crippen molar-refractivity contribution >= 4 is 17.5 Å². The van der Waals surface area contributed by atoms with Crippen molar-refractivity contribution < 1.29 is 14.7 Å². The lowest BCUT2D eigenvalue weighted by molar-refractivity contribution is -0.118. The summed E-state index contributed by atoms with van der Waals surface area (Å²) < 4.78 is 0. The number of benzene rings is 1. The third-order valence-electron chi connectivity index (χ3n) is 3.77. The molecule has 1 saturated heterocycles. The van der Waals surface area contributed by atoms with Crippen LogP contribution in [0.25, 0.3) is 0 Å². The molecule has 0 unspecified atom stereocenters. The van der Waals surface area contributed by atoms with E-state index in [0.29, 0.717) is 17.8 Å². The Morgan fingerprint density at radius 2 is 2.00 bits per heavy atom. The number of amides is 2. The van der Waals surface area contributed by atoms with Gasteiger partial charge in [-0.1, -0.05) is 13.8 Å². The normalized spacial score (nSPS) is 18.1. The van der Waals surface area contributed by atoms with Crippen LogP contribution in [0.1, 0.15) is 37.0 Å². The molecule has 1 heterocycles. The molecule has 1 aliphatic heterocycles. The van der Waals surface area contributed by atoms with Crippen LogP contribution in [0.15, 0.2) is 24.3 Å². The number of likely N-dealkylation sites (tertiary alicyclic amines) is 1. The zero-order chi connectivity index (χ0) is 15.4. The topological polar surface area (TPSA) is 69.6 Å². The molecular formula is C16H22N2O3. The molecule has 0 bridgehead atoms. The lowest BCUT2D eigenvalue weighted by Crippen LogP contribution is -2.37. The molecule has 0 spiro atoms. The van der Waals surface area contributed by atoms with E-state index < -0.39 is 0 Å². The standard InChI is InChI=1S/C16H22N2O3/c1-11(2)15(20)17-13-7-5-12(6-8-13)16(21)18-9-3-4-14(18)10-19/h5-8,11,14,19H,3-4,9-10H2,1-2H3,(H,17,20)/t14-/m0/s1. The first-order chi connectivity index (χ1) is 10.0. The molecule has 2 N–H and O–H groups in total. The van der Waals surface area contributed by atoms with E-state index in [1.807, 2.05) is 13.8 Å². The molecule has 0 aromatic heterocycles. The third kappa shape index (κ3) is 3.61. The third-order valence-corrected chi connectivity index (χ3v) is 3.77. The number of hydrogen-bond acceptors (Lipinski definition) is 3. The molecular weight excluding hydrogens is 268 g/mol. The summed E-state index contributed by atoms with van der Waals surface area (Å²) in [5.74, 6) is -0.191. The Balaban J connectivity index is 2.05. The first-order valence-electron chi connectivity index (χ1n) is 7.35. The number of aliphatic hydroxyl groups is 1. The van der Waals surface area contributed by atoms with E-state index in [1.54, 1.807) is 29.2 Å². The summed E-state index contributed by atoms with van der Waals surface area (Å²) in [4.78, 5) is 25.7. The van der Waals surface area contributed by atoms with Crippen molar-refractivity contribution in [1.29, 1.82) is 0 Å². The maximum atomic E-state index is 12.4. The van der Waals surface area contributed by atoms with Gasteiger partial charge >= 0.3 is 0 Å². The highest BCUT2D eigenvalue weighted by molar-refractivity contribution is 5.96. The van der Waals surface area contributed by atoms with Gasteiger partial charge in [-0.3, -0.25) is 9.59 Å². The molecule has 5 heteroatoms. The highest BCUT2D eigenvalue weighted by atomic mass is 16.3. The number of rotatable bonds is 4. The van der Waals surface area contributed by atoms with Crippen molar-refractivity contribution in [3.05, 3.63) is 29.8 Å². The molecule has 21 heavy (non-hydrogen) atoms. The lowest BCUT2D eigenvalue weighted by atomic mass is 10.1. The predicted molar refractivity (Wildman–Crippen MR) is 81.1 cm³/mol. The van der Waals surface area contributed by atoms with Crippen molar-refractivity contribution in [3.63, 3.8) is 0 Å². The van der Waals surface area contributed by atoms with Gasteiger partial charge in [-0.25, -0.2) is 0 Å². The highest BCUT2D eigenvalue weighted by Gasteiger charge is 2.28. The van der Waals surface area contributed by atoms with Crippen LogP contribution < -0.4 is 5.32 Å². The van der Waals surface area contributed by atoms with E-state index in [2.05, 4.69) is 5.32 Å². The van der Waals surface area contributed by atoms with Crippen molar-refractivity contribution in [3.8, 4) is 0 Å². The highest BCUT2D eigenvalue weighted by Crippen LogP contribution is 2.20. The average molecular weight is 290 g/mol. The summed E-state index contributed by atoms with van der Waals surface area (Å²) >= 11 is 0. The zero-order valence-electron chi connectivity index (χ0n) is 12.5. The van der Waals surface area contributed by atoms with Gasteiger partial charge in [-0.2, -0.15) is 0 Å². The summed E-state index contributed by atoms with van der Waals surface area (Å²) in [6, 6.07) is 6.82. The van der Waals surface area contributed by atoms with E-state index in [4.69, 9.17) is 0 Å². The van der Waals surface area contributed by atoms with Crippen molar-refractivity contribution in [1.82, 2.24) is 4.90 Å². The van der Waals surface area contributed by atoms with Crippen molar-refractivity contribution in [2.24, 2.45) is 5.92 Å². The molecule has 1 atom stereocenters. The minimum atomic E-state index is -0.0822. The fourth-order valence-corrected chi connectivity index (χ4v) is 2.44. The number of anilines is 1. The van der Waals surface area contributed by atoms with E-state index >= 15 is 0 Å². The van der Waals surface area contributed by atoms with Gasteiger partial charge in [0.05, 0.1) is 12.6 Å². The second-order valence-electron chi connectivity index (χ2n) is 5.70. The number of carbonyl (C=O) groups excluding carboxylic acids is 2. The second-order valence-corrected chi connectivity index (χ2v) is 5.70. The van der Waals surface area contributed by atoms with Gasteiger partial charge in [0.15, 0.2) is 0 Å². The largest absolute Gasteiger partial charge is 0.394 e. The van der Waals surface area contributed by atoms with Gasteiger partial charge in [0.2, 0.25) is 5.91 Å². The minimum Gasteiger partial charge on any atom is -0.394 e. The molecule has 5 nitrogen and oxygen atoms in total. The Hall–Kier alpha value is -1.88. The molecule has 1 aromatic carbocycles. The molecule has 2 rings (SSSR count). The monoisotopic (exact) mass is 290 g/mol. The molecule has 1 aromatic rings. The summed E-state index contributed by atoms with van der Waals surface area (Å²) in [5, 5.41) is 12.1. The average Bonchev–Trinajstić information content (AvgIpc) is 2.95. The molecule has 114 valence electrons. The van der Waals surface area contributed by atoms with E-state index in [0.717, 1.165) is 12.8 Å². The lowest BCUT2D eigenvalue weighted by Gasteiger charge is -2.23. The summed E-state index contributed by atoms with van der Waals surface area (Å²) in [5.41, 5.74) is 1.27. The van der Waals surface area contributed by atoms with Gasteiger partial charge < -0.3 is 15.3 Å². The molecule has 0 saturated carbocycles. The van der Waals surface area contributed by atoms with E-state index in [-0.39, 0.29) is 30.4 Å². The van der Waals surface area contributed by atoms with Crippen LogP contribution in [-0.2, 0) is 4.79 Å². The van der Waals surface area contributed by atoms with Crippen LogP contribution in [0.4, 0.5) is 5.69 Å². The summed E-state index contributed by atoms with van der Waals surface area (Å²) in [6.45, 7) is 4.36. The van der Waals surface area contributed by atoms with Crippen LogP contribution in [0.5, 0.6) is 0 Å². The summed E-state index contributed by atoms with van der Waals surface area (Å²) in [6.07, 6.45) is 1.78. The predicted octanol–water partition coefficient (Wildman–Crippen LogP) is 1.88. The Morgan fingerprint density at radius 3 is 2.57 bits per heavy atom. The van der Waals surface area contributed by atoms with Gasteiger partial charge in [-0.05, 0) is 37.1 Å². The number of hydrogen-bond donors (Lipinski definition) is 2. The Labute approximate surface area is 125 Å². The van der Waals surface area contributed by atoms with E-state index in [1.165, 1.54) is 0 Å². The molecule has 2 amide bonds. The molecule has 0 radical (unpaired) electrons. The van der Waals surface area contributed by atoms with Crippen LogP contribution in [0.3, 0.4) is 0 Å². The second kappa shape index (κ2) is 6.72. The Morgan fingerprint density at radius 1 is 1.33 bits per heavy atom. The van der Waals surface area contributed by atoms with Gasteiger partial charge in [0.1, 0.15) is 0 Å². The number of aliphatic hydroxyl groups excluding tert-OH is 1. The smallest absolute Gasteiger partial charge is 0.254 e. The molecule has 1 fully saturated rings. The van der Waals surface area contributed by atoms with Crippen molar-refractivity contribution in [2.75, 3.05) is 18.5 Å². The van der Waals surface area contributed by atoms with Crippen LogP contribution >= 0.6 is 0 Å². The van der Waals surface area contributed by atoms with Crippen LogP contribution in [-0.4, -0.2) is 41.0 Å². The van der Waals surface area contributed by atoms with Crippen molar-refractivity contribution in [2.45, 2.75) is 32.7 Å². The van der Waals surface area contributed by atoms with Gasteiger partial charge in [0.25, 0.3) is 5.91 Å². The van der Waals surface area contributed by atoms with Crippen LogP contribution in [0.2, 0.25) is 0 Å². The quantitative estimate of drug-likeness (QED) is 0.889. The maximum Gasteiger partial charge on any atom is 0.254 e. The fraction of sp³-hybridized carbons (Fsp3) is 0.500. The summed E-state index contributed by atoms with van der Waals surface area (Å²) in [7, 11) is 0. The Kier molecular flexibility index (Phi) is 4.96. The zero-order valence-corrected chi connectivity index (χ0v) is 12.5. The number of nitrogens with zero attached hydrogens (tertiary/aromatic N) is 1. The van der Waals surface area contributed by atoms with Gasteiger partial charge in [0, 0.05) is 23.7 Å². The molecule has 1 aliphatic rings. The maximum absolute atomic E-state index is 12.4. The van der Waals surface area contributed by atoms with Gasteiger partial charge in [-0.15, -0.1) is 0 Å². The SMILES string of the molecule is CC(C)C(=O)Nc1ccc(C(=O)N2CCC[C@H]2CO)cc1. The first-order valence-corrected chi connectivity index (χ1v) is 7.35. The minimum absolute atomic E-state index is 0.00820. The Bertz CT molecular complexity index is 511. The fourth-order valence-electron chi connectivity index (χ4n) is 2.44.